The summed E-state index contributed by atoms with van der Waals surface area (Å²) in [6.07, 6.45) is 3.92. The number of hydrogen-bond donors (Lipinski definition) is 3. The summed E-state index contributed by atoms with van der Waals surface area (Å²) in [5, 5.41) is 9.42. The van der Waals surface area contributed by atoms with E-state index in [1.807, 2.05) is 25.1 Å². The molecule has 0 aromatic heterocycles. The lowest BCUT2D eigenvalue weighted by Crippen LogP contribution is -2.40. The molecule has 1 fully saturated rings. The average molecular weight is 361 g/mol. The highest BCUT2D eigenvalue weighted by Gasteiger charge is 2.22. The molecular formula is C20H32N4O2. The third-order valence-electron chi connectivity index (χ3n) is 4.48. The summed E-state index contributed by atoms with van der Waals surface area (Å²) in [6, 6.07) is 8.29. The smallest absolute Gasteiger partial charge is 0.221 e. The van der Waals surface area contributed by atoms with Gasteiger partial charge in [-0.05, 0) is 38.2 Å². The Morgan fingerprint density at radius 3 is 2.77 bits per heavy atom. The number of guanidine groups is 1. The number of nitrogens with one attached hydrogen (secondary N) is 3. The molecule has 1 amide bonds. The molecule has 6 heteroatoms. The van der Waals surface area contributed by atoms with E-state index in [0.717, 1.165) is 30.3 Å². The van der Waals surface area contributed by atoms with Crippen LogP contribution in [-0.4, -0.2) is 38.1 Å². The minimum absolute atomic E-state index is 0.0566. The Hall–Kier alpha value is -2.24. The predicted molar refractivity (Wildman–Crippen MR) is 105 cm³/mol. The van der Waals surface area contributed by atoms with Crippen molar-refractivity contribution in [3.63, 3.8) is 0 Å². The summed E-state index contributed by atoms with van der Waals surface area (Å²) in [6.45, 7) is 6.03. The fourth-order valence-electron chi connectivity index (χ4n) is 2.43. The van der Waals surface area contributed by atoms with Gasteiger partial charge < -0.3 is 20.7 Å². The highest BCUT2D eigenvalue weighted by Crippen LogP contribution is 2.30. The van der Waals surface area contributed by atoms with Gasteiger partial charge in [0.1, 0.15) is 5.75 Å². The van der Waals surface area contributed by atoms with E-state index in [2.05, 4.69) is 33.9 Å². The zero-order chi connectivity index (χ0) is 18.8. The maximum atomic E-state index is 11.8. The monoisotopic (exact) mass is 360 g/mol. The molecule has 0 saturated heterocycles. The molecule has 0 spiro atoms. The van der Waals surface area contributed by atoms with Crippen molar-refractivity contribution >= 4 is 11.9 Å². The Morgan fingerprint density at radius 2 is 2.08 bits per heavy atom. The van der Waals surface area contributed by atoms with Crippen LogP contribution >= 0.6 is 0 Å². The van der Waals surface area contributed by atoms with Crippen molar-refractivity contribution in [1.29, 1.82) is 0 Å². The van der Waals surface area contributed by atoms with E-state index in [1.54, 1.807) is 7.05 Å². The van der Waals surface area contributed by atoms with Gasteiger partial charge in [-0.15, -0.1) is 0 Å². The summed E-state index contributed by atoms with van der Waals surface area (Å²) < 4.78 is 5.93. The Labute approximate surface area is 156 Å². The molecule has 0 bridgehead atoms. The van der Waals surface area contributed by atoms with E-state index < -0.39 is 0 Å². The van der Waals surface area contributed by atoms with Crippen molar-refractivity contribution in [3.05, 3.63) is 29.8 Å². The number of carbonyl (C=O) groups excluding carboxylic acids is 1. The number of hydrogen-bond acceptors (Lipinski definition) is 3. The van der Waals surface area contributed by atoms with E-state index in [1.165, 1.54) is 12.8 Å². The van der Waals surface area contributed by atoms with Gasteiger partial charge >= 0.3 is 0 Å². The summed E-state index contributed by atoms with van der Waals surface area (Å²) in [7, 11) is 1.73. The second-order valence-corrected chi connectivity index (χ2v) is 6.84. The number of aliphatic imine (C=N–C) groups is 1. The first-order chi connectivity index (χ1) is 12.6. The molecule has 1 aliphatic rings. The maximum Gasteiger partial charge on any atom is 0.221 e. The van der Waals surface area contributed by atoms with Gasteiger partial charge in [0.15, 0.2) is 5.96 Å². The zero-order valence-corrected chi connectivity index (χ0v) is 16.2. The van der Waals surface area contributed by atoms with Gasteiger partial charge in [0.2, 0.25) is 5.91 Å². The van der Waals surface area contributed by atoms with Crippen molar-refractivity contribution < 1.29 is 9.53 Å². The van der Waals surface area contributed by atoms with Crippen LogP contribution in [0.5, 0.6) is 5.75 Å². The molecule has 0 heterocycles. The maximum absolute atomic E-state index is 11.8. The van der Waals surface area contributed by atoms with Crippen LogP contribution < -0.4 is 20.7 Å². The van der Waals surface area contributed by atoms with E-state index >= 15 is 0 Å². The molecule has 6 nitrogen and oxygen atoms in total. The molecule has 1 aromatic rings. The second kappa shape index (κ2) is 10.7. The molecule has 2 rings (SSSR count). The van der Waals surface area contributed by atoms with E-state index in [-0.39, 0.29) is 11.9 Å². The molecule has 1 aromatic carbocycles. The van der Waals surface area contributed by atoms with Crippen LogP contribution in [0.4, 0.5) is 0 Å². The van der Waals surface area contributed by atoms with Gasteiger partial charge in [0, 0.05) is 38.2 Å². The summed E-state index contributed by atoms with van der Waals surface area (Å²) in [5.74, 6) is 2.39. The van der Waals surface area contributed by atoms with E-state index in [9.17, 15) is 4.79 Å². The third kappa shape index (κ3) is 7.33. The van der Waals surface area contributed by atoms with Gasteiger partial charge in [0.05, 0.1) is 6.61 Å². The summed E-state index contributed by atoms with van der Waals surface area (Å²) in [4.78, 5) is 16.0. The number of rotatable bonds is 10. The van der Waals surface area contributed by atoms with Crippen molar-refractivity contribution in [3.8, 4) is 5.75 Å². The number of carbonyl (C=O) groups is 1. The molecule has 0 radical (unpaired) electrons. The van der Waals surface area contributed by atoms with Crippen LogP contribution in [0.1, 0.15) is 45.1 Å². The first-order valence-corrected chi connectivity index (χ1v) is 9.57. The largest absolute Gasteiger partial charge is 0.493 e. The van der Waals surface area contributed by atoms with Crippen LogP contribution in [0.25, 0.3) is 0 Å². The van der Waals surface area contributed by atoms with Gasteiger partial charge in [-0.3, -0.25) is 9.79 Å². The number of amides is 1. The topological polar surface area (TPSA) is 74.8 Å². The molecular weight excluding hydrogens is 328 g/mol. The molecule has 3 N–H and O–H groups in total. The number of benzene rings is 1. The molecule has 0 aliphatic heterocycles. The molecule has 1 unspecified atom stereocenters. The zero-order valence-electron chi connectivity index (χ0n) is 16.2. The average Bonchev–Trinajstić information content (AvgIpc) is 3.47. The SMILES string of the molecule is CCC(C)NC(=O)CCNC(=NC)NCc1ccccc1OCC1CC1. The minimum atomic E-state index is 0.0566. The van der Waals surface area contributed by atoms with Crippen LogP contribution in [0.3, 0.4) is 0 Å². The highest BCUT2D eigenvalue weighted by atomic mass is 16.5. The van der Waals surface area contributed by atoms with Gasteiger partial charge in [-0.2, -0.15) is 0 Å². The number of nitrogens with zero attached hydrogens (tertiary/aromatic N) is 1. The molecule has 1 saturated carbocycles. The van der Waals surface area contributed by atoms with E-state index in [4.69, 9.17) is 4.74 Å². The van der Waals surface area contributed by atoms with Gasteiger partial charge in [-0.1, -0.05) is 25.1 Å². The van der Waals surface area contributed by atoms with Gasteiger partial charge in [0.25, 0.3) is 0 Å². The Morgan fingerprint density at radius 1 is 1.31 bits per heavy atom. The summed E-state index contributed by atoms with van der Waals surface area (Å²) in [5.41, 5.74) is 1.10. The quantitative estimate of drug-likeness (QED) is 0.443. The lowest BCUT2D eigenvalue weighted by atomic mass is 10.2. The van der Waals surface area contributed by atoms with Crippen molar-refractivity contribution in [1.82, 2.24) is 16.0 Å². The molecule has 26 heavy (non-hydrogen) atoms. The molecule has 1 atom stereocenters. The summed E-state index contributed by atoms with van der Waals surface area (Å²) >= 11 is 0. The lowest BCUT2D eigenvalue weighted by Gasteiger charge is -2.15. The van der Waals surface area contributed by atoms with Gasteiger partial charge in [-0.25, -0.2) is 0 Å². The van der Waals surface area contributed by atoms with Crippen molar-refractivity contribution in [2.45, 2.75) is 52.1 Å². The Kier molecular flexibility index (Phi) is 8.25. The highest BCUT2D eigenvalue weighted by molar-refractivity contribution is 5.81. The fraction of sp³-hybridized carbons (Fsp3) is 0.600. The van der Waals surface area contributed by atoms with Crippen molar-refractivity contribution in [2.75, 3.05) is 20.2 Å². The van der Waals surface area contributed by atoms with E-state index in [0.29, 0.717) is 25.5 Å². The third-order valence-corrected chi connectivity index (χ3v) is 4.48. The lowest BCUT2D eigenvalue weighted by molar-refractivity contribution is -0.121. The van der Waals surface area contributed by atoms with Crippen LogP contribution in [0.2, 0.25) is 0 Å². The normalized spacial score (nSPS) is 15.3. The van der Waals surface area contributed by atoms with Crippen LogP contribution in [0, 0.1) is 5.92 Å². The fourth-order valence-corrected chi connectivity index (χ4v) is 2.43. The van der Waals surface area contributed by atoms with Crippen LogP contribution in [-0.2, 0) is 11.3 Å². The number of ether oxygens (including phenoxy) is 1. The molecule has 144 valence electrons. The first kappa shape index (κ1) is 20.1. The first-order valence-electron chi connectivity index (χ1n) is 9.57. The standard InChI is InChI=1S/C20H32N4O2/c1-4-15(2)24-19(25)11-12-22-20(21-3)23-13-17-7-5-6-8-18(17)26-14-16-9-10-16/h5-8,15-16H,4,9-14H2,1-3H3,(H,24,25)(H2,21,22,23). The Balaban J connectivity index is 1.73. The second-order valence-electron chi connectivity index (χ2n) is 6.84. The molecule has 1 aliphatic carbocycles. The number of para-hydroxylation sites is 1. The predicted octanol–water partition coefficient (Wildman–Crippen LogP) is 2.45. The van der Waals surface area contributed by atoms with Crippen LogP contribution in [0.15, 0.2) is 29.3 Å². The minimum Gasteiger partial charge on any atom is -0.493 e. The Bertz CT molecular complexity index is 599. The van der Waals surface area contributed by atoms with Crippen molar-refractivity contribution in [2.24, 2.45) is 10.9 Å².